The zero-order valence-corrected chi connectivity index (χ0v) is 12.5. The molecular formula is C12H16O2S3. The topological polar surface area (TPSA) is 34.1 Å². The summed E-state index contributed by atoms with van der Waals surface area (Å²) in [4.78, 5) is 24.2. The molecule has 0 saturated heterocycles. The number of carbonyl (C=O) groups is 2. The molecule has 5 heteroatoms. The highest BCUT2D eigenvalue weighted by Crippen LogP contribution is 2.20. The lowest BCUT2D eigenvalue weighted by Gasteiger charge is -1.96. The molecular weight excluding hydrogens is 272 g/mol. The molecule has 0 amide bonds. The van der Waals surface area contributed by atoms with Gasteiger partial charge in [-0.15, -0.1) is 11.3 Å². The van der Waals surface area contributed by atoms with Crippen LogP contribution in [-0.2, 0) is 22.4 Å². The van der Waals surface area contributed by atoms with Crippen LogP contribution in [0.5, 0.6) is 0 Å². The third-order valence-corrected chi connectivity index (χ3v) is 4.86. The number of rotatable bonds is 6. The van der Waals surface area contributed by atoms with Gasteiger partial charge in [0.2, 0.25) is 0 Å². The molecule has 0 fully saturated rings. The third kappa shape index (κ3) is 6.91. The number of carbonyl (C=O) groups excluding carboxylic acids is 2. The highest BCUT2D eigenvalue weighted by Gasteiger charge is 2.02. The third-order valence-electron chi connectivity index (χ3n) is 2.02. The minimum Gasteiger partial charge on any atom is -0.288 e. The molecule has 0 saturated carbocycles. The molecule has 17 heavy (non-hydrogen) atoms. The molecule has 1 rings (SSSR count). The zero-order valence-electron chi connectivity index (χ0n) is 10.0. The van der Waals surface area contributed by atoms with Crippen LogP contribution in [0.15, 0.2) is 12.1 Å². The molecule has 0 atom stereocenters. The van der Waals surface area contributed by atoms with E-state index in [1.54, 1.807) is 25.2 Å². The first-order valence-electron chi connectivity index (χ1n) is 5.42. The molecule has 0 aliphatic rings. The van der Waals surface area contributed by atoms with E-state index in [0.29, 0.717) is 0 Å². The van der Waals surface area contributed by atoms with Gasteiger partial charge in [0, 0.05) is 35.1 Å². The van der Waals surface area contributed by atoms with Gasteiger partial charge >= 0.3 is 0 Å². The molecule has 1 aromatic rings. The van der Waals surface area contributed by atoms with Gasteiger partial charge in [0.1, 0.15) is 0 Å². The summed E-state index contributed by atoms with van der Waals surface area (Å²) in [5.74, 6) is 1.72. The second-order valence-electron chi connectivity index (χ2n) is 3.55. The number of thiophene rings is 1. The van der Waals surface area contributed by atoms with E-state index in [-0.39, 0.29) is 10.2 Å². The van der Waals surface area contributed by atoms with Crippen LogP contribution in [0, 0.1) is 0 Å². The lowest BCUT2D eigenvalue weighted by Crippen LogP contribution is -1.89. The maximum Gasteiger partial charge on any atom is 0.185 e. The molecule has 0 aliphatic carbocycles. The quantitative estimate of drug-likeness (QED) is 0.803. The predicted molar refractivity (Wildman–Crippen MR) is 78.0 cm³/mol. The summed E-state index contributed by atoms with van der Waals surface area (Å²) in [5.41, 5.74) is 0. The normalized spacial score (nSPS) is 10.5. The van der Waals surface area contributed by atoms with Crippen LogP contribution in [0.3, 0.4) is 0 Å². The minimum atomic E-state index is 0.180. The summed E-state index contributed by atoms with van der Waals surface area (Å²) in [7, 11) is 0. The van der Waals surface area contributed by atoms with Gasteiger partial charge in [-0.05, 0) is 25.0 Å². The van der Waals surface area contributed by atoms with E-state index >= 15 is 0 Å². The van der Waals surface area contributed by atoms with Gasteiger partial charge < -0.3 is 0 Å². The Bertz CT molecular complexity index is 350. The minimum absolute atomic E-state index is 0.180. The van der Waals surface area contributed by atoms with E-state index in [1.807, 2.05) is 0 Å². The van der Waals surface area contributed by atoms with E-state index in [0.717, 1.165) is 24.3 Å². The van der Waals surface area contributed by atoms with Gasteiger partial charge in [-0.25, -0.2) is 0 Å². The molecule has 0 radical (unpaired) electrons. The SMILES string of the molecule is CC(=O)SCCc1ccc(CCSC(C)=O)s1. The Morgan fingerprint density at radius 2 is 1.41 bits per heavy atom. The van der Waals surface area contributed by atoms with Gasteiger partial charge in [-0.3, -0.25) is 9.59 Å². The second-order valence-corrected chi connectivity index (χ2v) is 7.34. The molecule has 1 aromatic heterocycles. The van der Waals surface area contributed by atoms with Crippen LogP contribution in [0.2, 0.25) is 0 Å². The van der Waals surface area contributed by atoms with E-state index in [1.165, 1.54) is 33.3 Å². The fourth-order valence-electron chi connectivity index (χ4n) is 1.28. The Kier molecular flexibility index (Phi) is 6.92. The van der Waals surface area contributed by atoms with E-state index < -0.39 is 0 Å². The summed E-state index contributed by atoms with van der Waals surface area (Å²) in [6.07, 6.45) is 1.91. The maximum atomic E-state index is 10.8. The lowest BCUT2D eigenvalue weighted by molar-refractivity contribution is -0.109. The predicted octanol–water partition coefficient (Wildman–Crippen LogP) is 3.39. The van der Waals surface area contributed by atoms with Crippen LogP contribution in [0.25, 0.3) is 0 Å². The van der Waals surface area contributed by atoms with Crippen LogP contribution < -0.4 is 0 Å². The second kappa shape index (κ2) is 7.95. The van der Waals surface area contributed by atoms with E-state index in [9.17, 15) is 9.59 Å². The molecule has 0 N–H and O–H groups in total. The van der Waals surface area contributed by atoms with Gasteiger partial charge in [-0.2, -0.15) is 0 Å². The molecule has 0 spiro atoms. The molecule has 1 heterocycles. The summed E-state index contributed by atoms with van der Waals surface area (Å²) >= 11 is 4.54. The Balaban J connectivity index is 2.27. The van der Waals surface area contributed by atoms with Crippen molar-refractivity contribution in [2.75, 3.05) is 11.5 Å². The van der Waals surface area contributed by atoms with Crippen LogP contribution in [0.4, 0.5) is 0 Å². The molecule has 0 unspecified atom stereocenters. The Morgan fingerprint density at radius 3 is 1.76 bits per heavy atom. The van der Waals surface area contributed by atoms with Crippen molar-refractivity contribution < 1.29 is 9.59 Å². The molecule has 0 bridgehead atoms. The summed E-state index contributed by atoms with van der Waals surface area (Å²) < 4.78 is 0. The van der Waals surface area contributed by atoms with E-state index in [2.05, 4.69) is 12.1 Å². The Labute approximate surface area is 115 Å². The summed E-state index contributed by atoms with van der Waals surface area (Å²) in [5, 5.41) is 0.360. The number of aryl methyl sites for hydroxylation is 2. The van der Waals surface area contributed by atoms with Crippen molar-refractivity contribution in [1.29, 1.82) is 0 Å². The van der Waals surface area contributed by atoms with Gasteiger partial charge in [0.25, 0.3) is 0 Å². The van der Waals surface area contributed by atoms with Gasteiger partial charge in [-0.1, -0.05) is 23.5 Å². The van der Waals surface area contributed by atoms with Gasteiger partial charge in [0.15, 0.2) is 10.2 Å². The largest absolute Gasteiger partial charge is 0.288 e. The summed E-state index contributed by atoms with van der Waals surface area (Å²) in [6, 6.07) is 4.25. The first kappa shape index (κ1) is 14.8. The molecule has 0 aromatic carbocycles. The smallest absolute Gasteiger partial charge is 0.185 e. The molecule has 2 nitrogen and oxygen atoms in total. The summed E-state index contributed by atoms with van der Waals surface area (Å²) in [6.45, 7) is 3.20. The van der Waals surface area contributed by atoms with Crippen molar-refractivity contribution in [3.63, 3.8) is 0 Å². The first-order chi connectivity index (χ1) is 8.08. The van der Waals surface area contributed by atoms with Crippen LogP contribution in [-0.4, -0.2) is 21.7 Å². The van der Waals surface area contributed by atoms with Crippen molar-refractivity contribution in [2.45, 2.75) is 26.7 Å². The van der Waals surface area contributed by atoms with Crippen molar-refractivity contribution in [1.82, 2.24) is 0 Å². The average molecular weight is 288 g/mol. The monoisotopic (exact) mass is 288 g/mol. The van der Waals surface area contributed by atoms with Crippen molar-refractivity contribution >= 4 is 45.1 Å². The van der Waals surface area contributed by atoms with E-state index in [4.69, 9.17) is 0 Å². The number of thioether (sulfide) groups is 2. The Hall–Kier alpha value is -0.260. The average Bonchev–Trinajstić information content (AvgIpc) is 2.65. The standard InChI is InChI=1S/C12H16O2S3/c1-9(13)15-7-5-11-3-4-12(17-11)6-8-16-10(2)14/h3-4H,5-8H2,1-2H3. The first-order valence-corrected chi connectivity index (χ1v) is 8.21. The fraction of sp³-hybridized carbons (Fsp3) is 0.500. The lowest BCUT2D eigenvalue weighted by atomic mass is 10.3. The molecule has 94 valence electrons. The highest BCUT2D eigenvalue weighted by atomic mass is 32.2. The van der Waals surface area contributed by atoms with Crippen molar-refractivity contribution in [2.24, 2.45) is 0 Å². The van der Waals surface area contributed by atoms with Crippen molar-refractivity contribution in [3.05, 3.63) is 21.9 Å². The fourth-order valence-corrected chi connectivity index (χ4v) is 3.78. The zero-order chi connectivity index (χ0) is 12.7. The van der Waals surface area contributed by atoms with Crippen molar-refractivity contribution in [3.8, 4) is 0 Å². The maximum absolute atomic E-state index is 10.8. The van der Waals surface area contributed by atoms with Crippen LogP contribution in [0.1, 0.15) is 23.6 Å². The van der Waals surface area contributed by atoms with Crippen LogP contribution >= 0.6 is 34.9 Å². The van der Waals surface area contributed by atoms with Gasteiger partial charge in [0.05, 0.1) is 0 Å². The molecule has 0 aliphatic heterocycles. The highest BCUT2D eigenvalue weighted by molar-refractivity contribution is 8.13. The Morgan fingerprint density at radius 1 is 1.00 bits per heavy atom. The number of hydrogen-bond donors (Lipinski definition) is 0. The number of hydrogen-bond acceptors (Lipinski definition) is 5.